The van der Waals surface area contributed by atoms with Crippen LogP contribution < -0.4 is 5.73 Å². The molecule has 0 fully saturated rings. The van der Waals surface area contributed by atoms with Gasteiger partial charge in [-0.2, -0.15) is 0 Å². The maximum absolute atomic E-state index is 5.65. The maximum Gasteiger partial charge on any atom is 0.0475 e. The van der Waals surface area contributed by atoms with Crippen LogP contribution >= 0.6 is 0 Å². The molecule has 1 aromatic rings. The van der Waals surface area contributed by atoms with Crippen molar-refractivity contribution in [3.05, 3.63) is 29.6 Å². The Bertz CT molecular complexity index is 266. The number of pyridine rings is 1. The second-order valence-corrected chi connectivity index (χ2v) is 3.81. The molecule has 0 unspecified atom stereocenters. The zero-order valence-corrected chi connectivity index (χ0v) is 7.96. The monoisotopic (exact) mass is 164 g/mol. The summed E-state index contributed by atoms with van der Waals surface area (Å²) in [6.07, 6.45) is 1.84. The molecule has 1 heterocycles. The lowest BCUT2D eigenvalue weighted by atomic mass is 9.88. The predicted molar refractivity (Wildman–Crippen MR) is 51.1 cm³/mol. The second kappa shape index (κ2) is 3.23. The summed E-state index contributed by atoms with van der Waals surface area (Å²) in [4.78, 5) is 4.30. The fourth-order valence-corrected chi connectivity index (χ4v) is 1.01. The average Bonchev–Trinajstić information content (AvgIpc) is 2.05. The van der Waals surface area contributed by atoms with Gasteiger partial charge in [0.2, 0.25) is 0 Å². The number of rotatable bonds is 2. The summed E-state index contributed by atoms with van der Waals surface area (Å²) in [5, 5.41) is 0. The molecule has 0 aliphatic heterocycles. The van der Waals surface area contributed by atoms with E-state index in [4.69, 9.17) is 5.73 Å². The third kappa shape index (κ3) is 1.83. The van der Waals surface area contributed by atoms with Crippen LogP contribution in [0.1, 0.15) is 25.1 Å². The molecule has 0 aliphatic rings. The summed E-state index contributed by atoms with van der Waals surface area (Å²) < 4.78 is 0. The van der Waals surface area contributed by atoms with E-state index in [0.29, 0.717) is 6.54 Å². The Balaban J connectivity index is 3.03. The first-order valence-electron chi connectivity index (χ1n) is 4.19. The summed E-state index contributed by atoms with van der Waals surface area (Å²) in [7, 11) is 0. The van der Waals surface area contributed by atoms with Gasteiger partial charge in [-0.05, 0) is 24.6 Å². The van der Waals surface area contributed by atoms with E-state index in [1.54, 1.807) is 0 Å². The largest absolute Gasteiger partial charge is 0.330 e. The fourth-order valence-electron chi connectivity index (χ4n) is 1.01. The number of aryl methyl sites for hydroxylation is 1. The summed E-state index contributed by atoms with van der Waals surface area (Å²) in [6, 6.07) is 4.09. The smallest absolute Gasteiger partial charge is 0.0475 e. The molecule has 12 heavy (non-hydrogen) atoms. The van der Waals surface area contributed by atoms with Crippen LogP contribution in [0.2, 0.25) is 0 Å². The van der Waals surface area contributed by atoms with E-state index in [0.717, 1.165) is 5.69 Å². The molecule has 0 aliphatic carbocycles. The molecule has 0 atom stereocenters. The van der Waals surface area contributed by atoms with Gasteiger partial charge in [-0.15, -0.1) is 0 Å². The second-order valence-electron chi connectivity index (χ2n) is 3.81. The van der Waals surface area contributed by atoms with E-state index in [9.17, 15) is 0 Å². The Morgan fingerprint density at radius 2 is 2.17 bits per heavy atom. The van der Waals surface area contributed by atoms with Crippen molar-refractivity contribution in [2.45, 2.75) is 26.2 Å². The molecule has 0 saturated heterocycles. The molecule has 0 radical (unpaired) electrons. The van der Waals surface area contributed by atoms with E-state index >= 15 is 0 Å². The molecular formula is C10H16N2. The van der Waals surface area contributed by atoms with Gasteiger partial charge in [-0.1, -0.05) is 13.8 Å². The van der Waals surface area contributed by atoms with Crippen LogP contribution in [-0.4, -0.2) is 11.5 Å². The zero-order chi connectivity index (χ0) is 9.19. The molecule has 2 nitrogen and oxygen atoms in total. The molecule has 2 heteroatoms. The van der Waals surface area contributed by atoms with Gasteiger partial charge in [0, 0.05) is 23.9 Å². The van der Waals surface area contributed by atoms with Gasteiger partial charge in [0.25, 0.3) is 0 Å². The summed E-state index contributed by atoms with van der Waals surface area (Å²) in [6.45, 7) is 6.91. The van der Waals surface area contributed by atoms with Gasteiger partial charge >= 0.3 is 0 Å². The SMILES string of the molecule is Cc1ccnc(C(C)(C)CN)c1. The average molecular weight is 164 g/mol. The van der Waals surface area contributed by atoms with Crippen molar-refractivity contribution in [3.8, 4) is 0 Å². The van der Waals surface area contributed by atoms with Crippen LogP contribution in [0.4, 0.5) is 0 Å². The minimum Gasteiger partial charge on any atom is -0.330 e. The number of hydrogen-bond donors (Lipinski definition) is 1. The first kappa shape index (κ1) is 9.20. The highest BCUT2D eigenvalue weighted by molar-refractivity contribution is 5.21. The lowest BCUT2D eigenvalue weighted by Crippen LogP contribution is -2.29. The lowest BCUT2D eigenvalue weighted by molar-refractivity contribution is 0.521. The third-order valence-electron chi connectivity index (χ3n) is 2.12. The number of nitrogens with two attached hydrogens (primary N) is 1. The summed E-state index contributed by atoms with van der Waals surface area (Å²) in [5.74, 6) is 0. The quantitative estimate of drug-likeness (QED) is 0.721. The standard InChI is InChI=1S/C10H16N2/c1-8-4-5-12-9(6-8)10(2,3)7-11/h4-6H,7,11H2,1-3H3. The minimum absolute atomic E-state index is 0.00792. The van der Waals surface area contributed by atoms with Crippen LogP contribution in [0.3, 0.4) is 0 Å². The highest BCUT2D eigenvalue weighted by atomic mass is 14.7. The van der Waals surface area contributed by atoms with Gasteiger partial charge in [0.1, 0.15) is 0 Å². The number of aromatic nitrogens is 1. The molecule has 1 aromatic heterocycles. The van der Waals surface area contributed by atoms with Gasteiger partial charge < -0.3 is 5.73 Å². The molecule has 0 bridgehead atoms. The Kier molecular flexibility index (Phi) is 2.48. The molecule has 2 N–H and O–H groups in total. The highest BCUT2D eigenvalue weighted by Crippen LogP contribution is 2.19. The van der Waals surface area contributed by atoms with Crippen molar-refractivity contribution in [1.29, 1.82) is 0 Å². The van der Waals surface area contributed by atoms with E-state index in [1.165, 1.54) is 5.56 Å². The highest BCUT2D eigenvalue weighted by Gasteiger charge is 2.19. The first-order chi connectivity index (χ1) is 5.56. The molecule has 1 rings (SSSR count). The van der Waals surface area contributed by atoms with E-state index in [1.807, 2.05) is 12.3 Å². The molecule has 0 aromatic carbocycles. The molecule has 0 amide bonds. The van der Waals surface area contributed by atoms with Crippen LogP contribution in [-0.2, 0) is 5.41 Å². The van der Waals surface area contributed by atoms with Gasteiger partial charge in [0.15, 0.2) is 0 Å². The van der Waals surface area contributed by atoms with Crippen LogP contribution in [0, 0.1) is 6.92 Å². The molecule has 0 saturated carbocycles. The Hall–Kier alpha value is -0.890. The number of nitrogens with zero attached hydrogens (tertiary/aromatic N) is 1. The normalized spacial score (nSPS) is 11.7. The Morgan fingerprint density at radius 1 is 1.50 bits per heavy atom. The van der Waals surface area contributed by atoms with Crippen molar-refractivity contribution in [1.82, 2.24) is 4.98 Å². The van der Waals surface area contributed by atoms with Gasteiger partial charge in [-0.25, -0.2) is 0 Å². The summed E-state index contributed by atoms with van der Waals surface area (Å²) >= 11 is 0. The topological polar surface area (TPSA) is 38.9 Å². The predicted octanol–water partition coefficient (Wildman–Crippen LogP) is 1.63. The lowest BCUT2D eigenvalue weighted by Gasteiger charge is -2.21. The van der Waals surface area contributed by atoms with Crippen molar-refractivity contribution in [2.24, 2.45) is 5.73 Å². The first-order valence-corrected chi connectivity index (χ1v) is 4.19. The van der Waals surface area contributed by atoms with E-state index < -0.39 is 0 Å². The van der Waals surface area contributed by atoms with Crippen LogP contribution in [0.25, 0.3) is 0 Å². The van der Waals surface area contributed by atoms with Gasteiger partial charge in [0.05, 0.1) is 0 Å². The van der Waals surface area contributed by atoms with Gasteiger partial charge in [-0.3, -0.25) is 4.98 Å². The molecule has 0 spiro atoms. The Morgan fingerprint density at radius 3 is 2.67 bits per heavy atom. The number of hydrogen-bond acceptors (Lipinski definition) is 2. The Labute approximate surface area is 73.8 Å². The van der Waals surface area contributed by atoms with Crippen molar-refractivity contribution < 1.29 is 0 Å². The van der Waals surface area contributed by atoms with E-state index in [2.05, 4.69) is 31.8 Å². The van der Waals surface area contributed by atoms with Crippen molar-refractivity contribution >= 4 is 0 Å². The van der Waals surface area contributed by atoms with E-state index in [-0.39, 0.29) is 5.41 Å². The van der Waals surface area contributed by atoms with Crippen LogP contribution in [0.5, 0.6) is 0 Å². The molecule has 66 valence electrons. The molecular weight excluding hydrogens is 148 g/mol. The fraction of sp³-hybridized carbons (Fsp3) is 0.500. The third-order valence-corrected chi connectivity index (χ3v) is 2.12. The summed E-state index contributed by atoms with van der Waals surface area (Å²) in [5.41, 5.74) is 7.95. The van der Waals surface area contributed by atoms with Crippen LogP contribution in [0.15, 0.2) is 18.3 Å². The van der Waals surface area contributed by atoms with Crippen molar-refractivity contribution in [2.75, 3.05) is 6.54 Å². The zero-order valence-electron chi connectivity index (χ0n) is 7.96. The minimum atomic E-state index is -0.00792. The maximum atomic E-state index is 5.65. The van der Waals surface area contributed by atoms with Crippen molar-refractivity contribution in [3.63, 3.8) is 0 Å².